The van der Waals surface area contributed by atoms with Crippen LogP contribution in [0.5, 0.6) is 0 Å². The number of aromatic amines is 1. The van der Waals surface area contributed by atoms with Crippen molar-refractivity contribution in [3.63, 3.8) is 0 Å². The average molecular weight is 266 g/mol. The van der Waals surface area contributed by atoms with Crippen molar-refractivity contribution in [2.75, 3.05) is 6.54 Å². The molecule has 0 aliphatic heterocycles. The molecule has 8 heteroatoms. The number of rotatable bonds is 5. The van der Waals surface area contributed by atoms with Crippen molar-refractivity contribution in [2.45, 2.75) is 26.2 Å². The second-order valence-corrected chi connectivity index (χ2v) is 5.08. The second-order valence-electron chi connectivity index (χ2n) is 4.07. The highest BCUT2D eigenvalue weighted by Gasteiger charge is 2.13. The van der Waals surface area contributed by atoms with E-state index in [0.717, 1.165) is 10.7 Å². The first-order valence-corrected chi connectivity index (χ1v) is 6.44. The Labute approximate surface area is 108 Å². The van der Waals surface area contributed by atoms with Crippen molar-refractivity contribution >= 4 is 17.2 Å². The number of hydrogen-bond donors (Lipinski definition) is 2. The molecule has 2 aromatic heterocycles. The fourth-order valence-corrected chi connectivity index (χ4v) is 2.05. The summed E-state index contributed by atoms with van der Waals surface area (Å²) in [6, 6.07) is 0. The molecule has 0 aliphatic rings. The number of nitrogens with zero attached hydrogens (tertiary/aromatic N) is 4. The monoisotopic (exact) mass is 266 g/mol. The van der Waals surface area contributed by atoms with Gasteiger partial charge in [-0.15, -0.1) is 10.2 Å². The fraction of sp³-hybridized carbons (Fsp3) is 0.500. The largest absolute Gasteiger partial charge is 0.350 e. The number of nitrogens with one attached hydrogen (secondary N) is 2. The van der Waals surface area contributed by atoms with Crippen molar-refractivity contribution in [3.8, 4) is 0 Å². The van der Waals surface area contributed by atoms with Crippen LogP contribution in [0.2, 0.25) is 0 Å². The summed E-state index contributed by atoms with van der Waals surface area (Å²) in [5.74, 6) is 0.0991. The summed E-state index contributed by atoms with van der Waals surface area (Å²) >= 11 is 1.33. The Morgan fingerprint density at radius 2 is 2.33 bits per heavy atom. The van der Waals surface area contributed by atoms with Crippen molar-refractivity contribution in [2.24, 2.45) is 0 Å². The topological polar surface area (TPSA) is 96.5 Å². The molecule has 7 nitrogen and oxygen atoms in total. The predicted octanol–water partition coefficient (Wildman–Crippen LogP) is 0.752. The Morgan fingerprint density at radius 3 is 2.94 bits per heavy atom. The first-order chi connectivity index (χ1) is 8.66. The van der Waals surface area contributed by atoms with Crippen LogP contribution in [0.3, 0.4) is 0 Å². The standard InChI is InChI=1S/C10H14N6OS/c1-6(2)9-14-15-10(18-9)8(17)11-4-3-7-5-12-16-13-7/h5-6H,3-4H2,1-2H3,(H,11,17)(H,12,13,16). The van der Waals surface area contributed by atoms with Gasteiger partial charge in [0.15, 0.2) is 0 Å². The third-order valence-electron chi connectivity index (χ3n) is 2.26. The quantitative estimate of drug-likeness (QED) is 0.832. The van der Waals surface area contributed by atoms with Gasteiger partial charge in [0.05, 0.1) is 11.9 Å². The van der Waals surface area contributed by atoms with Crippen LogP contribution in [0, 0.1) is 0 Å². The van der Waals surface area contributed by atoms with Gasteiger partial charge in [-0.25, -0.2) is 0 Å². The van der Waals surface area contributed by atoms with Crippen LogP contribution in [0.1, 0.15) is 40.3 Å². The van der Waals surface area contributed by atoms with E-state index in [-0.39, 0.29) is 5.91 Å². The predicted molar refractivity (Wildman–Crippen MR) is 66.4 cm³/mol. The number of carbonyl (C=O) groups is 1. The zero-order valence-electron chi connectivity index (χ0n) is 10.2. The minimum atomic E-state index is -0.192. The number of hydrogen-bond acceptors (Lipinski definition) is 6. The lowest BCUT2D eigenvalue weighted by Gasteiger charge is -1.99. The molecule has 0 saturated heterocycles. The van der Waals surface area contributed by atoms with Gasteiger partial charge in [0.2, 0.25) is 5.01 Å². The normalized spacial score (nSPS) is 10.8. The Bertz CT molecular complexity index is 506. The summed E-state index contributed by atoms with van der Waals surface area (Å²) in [4.78, 5) is 11.8. The van der Waals surface area contributed by atoms with Gasteiger partial charge in [-0.1, -0.05) is 25.2 Å². The molecule has 18 heavy (non-hydrogen) atoms. The van der Waals surface area contributed by atoms with E-state index in [1.165, 1.54) is 11.3 Å². The fourth-order valence-electron chi connectivity index (χ4n) is 1.29. The van der Waals surface area contributed by atoms with E-state index < -0.39 is 0 Å². The Hall–Kier alpha value is -1.83. The first kappa shape index (κ1) is 12.6. The van der Waals surface area contributed by atoms with Gasteiger partial charge in [-0.2, -0.15) is 15.4 Å². The maximum atomic E-state index is 11.8. The number of H-pyrrole nitrogens is 1. The molecule has 2 N–H and O–H groups in total. The highest BCUT2D eigenvalue weighted by Crippen LogP contribution is 2.18. The van der Waals surface area contributed by atoms with E-state index in [1.54, 1.807) is 6.20 Å². The van der Waals surface area contributed by atoms with Crippen LogP contribution in [0.25, 0.3) is 0 Å². The van der Waals surface area contributed by atoms with Crippen LogP contribution < -0.4 is 5.32 Å². The third kappa shape index (κ3) is 3.10. The molecular formula is C10H14N6OS. The van der Waals surface area contributed by atoms with Crippen LogP contribution in [-0.2, 0) is 6.42 Å². The first-order valence-electron chi connectivity index (χ1n) is 5.63. The van der Waals surface area contributed by atoms with Gasteiger partial charge in [0, 0.05) is 18.9 Å². The van der Waals surface area contributed by atoms with Gasteiger partial charge >= 0.3 is 0 Å². The zero-order chi connectivity index (χ0) is 13.0. The van der Waals surface area contributed by atoms with E-state index in [1.807, 2.05) is 13.8 Å². The molecule has 0 aromatic carbocycles. The van der Waals surface area contributed by atoms with Crippen molar-refractivity contribution in [3.05, 3.63) is 21.9 Å². The second kappa shape index (κ2) is 5.67. The number of carbonyl (C=O) groups excluding carboxylic acids is 1. The summed E-state index contributed by atoms with van der Waals surface area (Å²) in [6.07, 6.45) is 2.27. The molecule has 0 spiro atoms. The van der Waals surface area contributed by atoms with Gasteiger partial charge in [0.1, 0.15) is 5.01 Å². The third-order valence-corrected chi connectivity index (χ3v) is 3.48. The van der Waals surface area contributed by atoms with E-state index in [0.29, 0.717) is 23.9 Å². The Kier molecular flexibility index (Phi) is 3.98. The molecule has 2 aromatic rings. The van der Waals surface area contributed by atoms with Crippen LogP contribution >= 0.6 is 11.3 Å². The highest BCUT2D eigenvalue weighted by molar-refractivity contribution is 7.13. The van der Waals surface area contributed by atoms with E-state index >= 15 is 0 Å². The van der Waals surface area contributed by atoms with Gasteiger partial charge in [-0.3, -0.25) is 4.79 Å². The minimum absolute atomic E-state index is 0.192. The van der Waals surface area contributed by atoms with E-state index in [2.05, 4.69) is 30.9 Å². The highest BCUT2D eigenvalue weighted by atomic mass is 32.1. The Balaban J connectivity index is 1.83. The zero-order valence-corrected chi connectivity index (χ0v) is 11.0. The van der Waals surface area contributed by atoms with Gasteiger partial charge in [-0.05, 0) is 0 Å². The minimum Gasteiger partial charge on any atom is -0.350 e. The molecule has 0 saturated carbocycles. The van der Waals surface area contributed by atoms with Crippen LogP contribution in [-0.4, -0.2) is 38.1 Å². The molecular weight excluding hydrogens is 252 g/mol. The van der Waals surface area contributed by atoms with Crippen LogP contribution in [0.4, 0.5) is 0 Å². The maximum absolute atomic E-state index is 11.8. The molecule has 0 atom stereocenters. The summed E-state index contributed by atoms with van der Waals surface area (Å²) in [6.45, 7) is 4.54. The van der Waals surface area contributed by atoms with Crippen molar-refractivity contribution < 1.29 is 4.79 Å². The smallest absolute Gasteiger partial charge is 0.282 e. The van der Waals surface area contributed by atoms with Gasteiger partial charge < -0.3 is 5.32 Å². The Morgan fingerprint density at radius 1 is 1.50 bits per heavy atom. The molecule has 1 amide bonds. The lowest BCUT2D eigenvalue weighted by atomic mass is 10.2. The van der Waals surface area contributed by atoms with E-state index in [9.17, 15) is 4.79 Å². The number of amides is 1. The summed E-state index contributed by atoms with van der Waals surface area (Å²) < 4.78 is 0. The van der Waals surface area contributed by atoms with Crippen molar-refractivity contribution in [1.82, 2.24) is 30.9 Å². The maximum Gasteiger partial charge on any atom is 0.282 e. The summed E-state index contributed by atoms with van der Waals surface area (Å²) in [5, 5.41) is 22.0. The van der Waals surface area contributed by atoms with Crippen molar-refractivity contribution in [1.29, 1.82) is 0 Å². The van der Waals surface area contributed by atoms with E-state index in [4.69, 9.17) is 0 Å². The number of aromatic nitrogens is 5. The molecule has 0 aliphatic carbocycles. The molecule has 2 rings (SSSR count). The molecule has 0 bridgehead atoms. The summed E-state index contributed by atoms with van der Waals surface area (Å²) in [5.41, 5.74) is 0.815. The molecule has 0 radical (unpaired) electrons. The summed E-state index contributed by atoms with van der Waals surface area (Å²) in [7, 11) is 0. The van der Waals surface area contributed by atoms with Gasteiger partial charge in [0.25, 0.3) is 5.91 Å². The molecule has 96 valence electrons. The molecule has 2 heterocycles. The van der Waals surface area contributed by atoms with Crippen LogP contribution in [0.15, 0.2) is 6.20 Å². The SMILES string of the molecule is CC(C)c1nnc(C(=O)NCCc2cn[nH]n2)s1. The lowest BCUT2D eigenvalue weighted by Crippen LogP contribution is -2.25. The molecule has 0 unspecified atom stereocenters. The average Bonchev–Trinajstić information content (AvgIpc) is 2.99. The molecule has 0 fully saturated rings. The lowest BCUT2D eigenvalue weighted by molar-refractivity contribution is 0.0953.